The Kier molecular flexibility index (Phi) is 4.16. The number of furan rings is 1. The summed E-state index contributed by atoms with van der Waals surface area (Å²) < 4.78 is 8.70. The van der Waals surface area contributed by atoms with Gasteiger partial charge in [-0.1, -0.05) is 50.2 Å². The Bertz CT molecular complexity index is 1380. The Morgan fingerprint density at radius 2 is 1.69 bits per heavy atom. The Labute approximate surface area is 171 Å². The molecule has 1 atom stereocenters. The monoisotopic (exact) mass is 380 g/mol. The molecule has 0 radical (unpaired) electrons. The van der Waals surface area contributed by atoms with Crippen LogP contribution in [-0.4, -0.2) is 0 Å². The van der Waals surface area contributed by atoms with E-state index in [1.165, 1.54) is 43.9 Å². The van der Waals surface area contributed by atoms with Gasteiger partial charge in [0.2, 0.25) is 5.69 Å². The fourth-order valence-electron chi connectivity index (χ4n) is 4.32. The first-order chi connectivity index (χ1) is 14.1. The molecule has 0 amide bonds. The standard InChI is InChI=1S/C27H26NO/c1-5-17(2)19-12-13-28(4)24(15-19)26-18(3)10-11-22-23-14-20-8-6-7-9-21(20)16-25(23)29-27(22)26/h6-17H,5H2,1-4H3/q+1. The van der Waals surface area contributed by atoms with E-state index in [2.05, 4.69) is 99.2 Å². The lowest BCUT2D eigenvalue weighted by Crippen LogP contribution is -2.31. The predicted octanol–water partition coefficient (Wildman–Crippen LogP) is 7.05. The molecule has 0 aliphatic heterocycles. The van der Waals surface area contributed by atoms with Crippen LogP contribution in [-0.2, 0) is 7.05 Å². The number of rotatable bonds is 3. The van der Waals surface area contributed by atoms with E-state index in [1.807, 2.05) is 0 Å². The molecule has 0 aliphatic carbocycles. The molecular weight excluding hydrogens is 354 g/mol. The fourth-order valence-corrected chi connectivity index (χ4v) is 4.32. The molecule has 0 aliphatic rings. The first-order valence-corrected chi connectivity index (χ1v) is 10.4. The van der Waals surface area contributed by atoms with E-state index < -0.39 is 0 Å². The molecule has 5 aromatic rings. The fraction of sp³-hybridized carbons (Fsp3) is 0.222. The lowest BCUT2D eigenvalue weighted by atomic mass is 9.95. The number of aryl methyl sites for hydroxylation is 2. The molecule has 0 bridgehead atoms. The van der Waals surface area contributed by atoms with Crippen molar-refractivity contribution in [2.45, 2.75) is 33.1 Å². The summed E-state index contributed by atoms with van der Waals surface area (Å²) in [5.41, 5.74) is 6.93. The molecule has 0 spiro atoms. The van der Waals surface area contributed by atoms with Gasteiger partial charge in [0, 0.05) is 22.9 Å². The Hall–Kier alpha value is -3.13. The van der Waals surface area contributed by atoms with E-state index in [-0.39, 0.29) is 0 Å². The number of pyridine rings is 1. The van der Waals surface area contributed by atoms with E-state index in [4.69, 9.17) is 4.42 Å². The van der Waals surface area contributed by atoms with E-state index >= 15 is 0 Å². The first-order valence-electron chi connectivity index (χ1n) is 10.4. The largest absolute Gasteiger partial charge is 0.455 e. The second-order valence-corrected chi connectivity index (χ2v) is 8.20. The smallest absolute Gasteiger partial charge is 0.216 e. The van der Waals surface area contributed by atoms with Crippen molar-refractivity contribution in [2.24, 2.45) is 7.05 Å². The molecule has 2 heterocycles. The van der Waals surface area contributed by atoms with E-state index in [1.54, 1.807) is 0 Å². The minimum Gasteiger partial charge on any atom is -0.455 e. The van der Waals surface area contributed by atoms with Crippen molar-refractivity contribution in [1.82, 2.24) is 0 Å². The number of nitrogens with zero attached hydrogens (tertiary/aromatic N) is 1. The quantitative estimate of drug-likeness (QED) is 0.306. The van der Waals surface area contributed by atoms with E-state index in [9.17, 15) is 0 Å². The lowest BCUT2D eigenvalue weighted by molar-refractivity contribution is -0.660. The zero-order chi connectivity index (χ0) is 20.1. The van der Waals surface area contributed by atoms with Gasteiger partial charge in [-0.3, -0.25) is 0 Å². The molecule has 0 N–H and O–H groups in total. The van der Waals surface area contributed by atoms with Gasteiger partial charge in [-0.2, -0.15) is 0 Å². The molecule has 1 unspecified atom stereocenters. The summed E-state index contributed by atoms with van der Waals surface area (Å²) in [5.74, 6) is 0.537. The Balaban J connectivity index is 1.84. The molecule has 0 saturated heterocycles. The number of aromatic nitrogens is 1. The lowest BCUT2D eigenvalue weighted by Gasteiger charge is -2.11. The molecule has 2 heteroatoms. The van der Waals surface area contributed by atoms with Crippen LogP contribution < -0.4 is 4.57 Å². The highest BCUT2D eigenvalue weighted by Gasteiger charge is 2.22. The third kappa shape index (κ3) is 2.82. The molecule has 2 aromatic heterocycles. The van der Waals surface area contributed by atoms with E-state index in [0.717, 1.165) is 17.6 Å². The van der Waals surface area contributed by atoms with Crippen molar-refractivity contribution in [1.29, 1.82) is 0 Å². The maximum Gasteiger partial charge on any atom is 0.216 e. The number of benzene rings is 3. The average Bonchev–Trinajstić information content (AvgIpc) is 3.09. The van der Waals surface area contributed by atoms with Crippen molar-refractivity contribution in [3.05, 3.63) is 78.0 Å². The highest BCUT2D eigenvalue weighted by Crippen LogP contribution is 2.38. The van der Waals surface area contributed by atoms with Gasteiger partial charge in [0.1, 0.15) is 18.2 Å². The molecule has 2 nitrogen and oxygen atoms in total. The SMILES string of the molecule is CCC(C)c1cc[n+](C)c(-c2c(C)ccc3c2oc2cc4ccccc4cc23)c1. The van der Waals surface area contributed by atoms with Crippen LogP contribution in [0, 0.1) is 6.92 Å². The number of hydrogen-bond donors (Lipinski definition) is 0. The van der Waals surface area contributed by atoms with Gasteiger partial charge >= 0.3 is 0 Å². The van der Waals surface area contributed by atoms with Crippen molar-refractivity contribution >= 4 is 32.7 Å². The Morgan fingerprint density at radius 1 is 0.931 bits per heavy atom. The highest BCUT2D eigenvalue weighted by atomic mass is 16.3. The summed E-state index contributed by atoms with van der Waals surface area (Å²) in [6, 6.07) is 21.9. The third-order valence-corrected chi connectivity index (χ3v) is 6.33. The van der Waals surface area contributed by atoms with Crippen LogP contribution in [0.25, 0.3) is 44.0 Å². The summed E-state index contributed by atoms with van der Waals surface area (Å²) in [5, 5.41) is 4.82. The molecule has 29 heavy (non-hydrogen) atoms. The van der Waals surface area contributed by atoms with Crippen LogP contribution in [0.3, 0.4) is 0 Å². The van der Waals surface area contributed by atoms with Crippen LogP contribution in [0.2, 0.25) is 0 Å². The minimum atomic E-state index is 0.537. The summed E-state index contributed by atoms with van der Waals surface area (Å²) in [4.78, 5) is 0. The second-order valence-electron chi connectivity index (χ2n) is 8.20. The first kappa shape index (κ1) is 17.9. The molecular formula is C27H26NO+. The van der Waals surface area contributed by atoms with Crippen molar-refractivity contribution in [3.63, 3.8) is 0 Å². The Morgan fingerprint density at radius 3 is 2.45 bits per heavy atom. The zero-order valence-corrected chi connectivity index (χ0v) is 17.5. The molecule has 5 rings (SSSR count). The molecule has 0 saturated carbocycles. The molecule has 0 fully saturated rings. The van der Waals surface area contributed by atoms with Gasteiger partial charge in [-0.05, 0) is 53.3 Å². The summed E-state index contributed by atoms with van der Waals surface area (Å²) in [6.45, 7) is 6.71. The van der Waals surface area contributed by atoms with Gasteiger partial charge in [0.05, 0.1) is 5.56 Å². The van der Waals surface area contributed by atoms with Crippen LogP contribution in [0.15, 0.2) is 71.3 Å². The molecule has 3 aromatic carbocycles. The number of fused-ring (bicyclic) bond motifs is 4. The van der Waals surface area contributed by atoms with Gasteiger partial charge in [-0.15, -0.1) is 0 Å². The van der Waals surface area contributed by atoms with E-state index in [0.29, 0.717) is 5.92 Å². The average molecular weight is 381 g/mol. The maximum absolute atomic E-state index is 6.50. The second kappa shape index (κ2) is 6.73. The van der Waals surface area contributed by atoms with Crippen molar-refractivity contribution in [3.8, 4) is 11.3 Å². The maximum atomic E-state index is 6.50. The predicted molar refractivity (Wildman–Crippen MR) is 121 cm³/mol. The number of hydrogen-bond acceptors (Lipinski definition) is 1. The van der Waals surface area contributed by atoms with Crippen LogP contribution >= 0.6 is 0 Å². The highest BCUT2D eigenvalue weighted by molar-refractivity contribution is 6.13. The third-order valence-electron chi connectivity index (χ3n) is 6.33. The van der Waals surface area contributed by atoms with Gasteiger partial charge < -0.3 is 4.42 Å². The van der Waals surface area contributed by atoms with Crippen LogP contribution in [0.4, 0.5) is 0 Å². The van der Waals surface area contributed by atoms with Gasteiger partial charge in [0.25, 0.3) is 0 Å². The topological polar surface area (TPSA) is 17.0 Å². The minimum absolute atomic E-state index is 0.537. The zero-order valence-electron chi connectivity index (χ0n) is 17.5. The summed E-state index contributed by atoms with van der Waals surface area (Å²) in [6.07, 6.45) is 3.31. The van der Waals surface area contributed by atoms with Crippen molar-refractivity contribution in [2.75, 3.05) is 0 Å². The van der Waals surface area contributed by atoms with Crippen LogP contribution in [0.5, 0.6) is 0 Å². The van der Waals surface area contributed by atoms with Gasteiger partial charge in [0.15, 0.2) is 6.20 Å². The van der Waals surface area contributed by atoms with Gasteiger partial charge in [-0.25, -0.2) is 4.57 Å². The summed E-state index contributed by atoms with van der Waals surface area (Å²) >= 11 is 0. The summed E-state index contributed by atoms with van der Waals surface area (Å²) in [7, 11) is 2.12. The molecule has 144 valence electrons. The van der Waals surface area contributed by atoms with Crippen LogP contribution in [0.1, 0.15) is 37.3 Å². The normalized spacial score (nSPS) is 12.8. The van der Waals surface area contributed by atoms with Crippen molar-refractivity contribution < 1.29 is 8.98 Å².